The number of para-hydroxylation sites is 2. The normalized spacial score (nSPS) is 11.7. The molecule has 20 aromatic carbocycles. The molecular formula is C108H65BBrO6. The van der Waals surface area contributed by atoms with Gasteiger partial charge in [-0.05, 0) is 235 Å². The van der Waals surface area contributed by atoms with Gasteiger partial charge in [0.2, 0.25) is 0 Å². The van der Waals surface area contributed by atoms with Crippen LogP contribution in [0.25, 0.3) is 230 Å². The van der Waals surface area contributed by atoms with Crippen molar-refractivity contribution in [2.24, 2.45) is 0 Å². The largest absolute Gasteiger partial charge is 0.569 e. The lowest BCUT2D eigenvalue weighted by atomic mass is 9.85. The Labute approximate surface area is 675 Å². The van der Waals surface area contributed by atoms with Gasteiger partial charge >= 0.3 is 7.69 Å². The van der Waals surface area contributed by atoms with Crippen LogP contribution in [-0.4, -0.2) is 12.7 Å². The maximum absolute atomic E-state index is 9.42. The number of rotatable bonds is 9. The molecule has 0 amide bonds. The molecule has 4 heterocycles. The van der Waals surface area contributed by atoms with E-state index in [0.29, 0.717) is 5.75 Å². The van der Waals surface area contributed by atoms with Crippen LogP contribution in [0.4, 0.5) is 0 Å². The van der Waals surface area contributed by atoms with E-state index in [1.54, 1.807) is 0 Å². The second-order valence-corrected chi connectivity index (χ2v) is 30.6. The minimum atomic E-state index is 0.665. The second-order valence-electron chi connectivity index (χ2n) is 29.7. The smallest absolute Gasteiger partial charge is 0.537 e. The van der Waals surface area contributed by atoms with E-state index in [1.165, 1.54) is 93.2 Å². The summed E-state index contributed by atoms with van der Waals surface area (Å²) in [6.45, 7) is 0. The molecule has 543 valence electrons. The van der Waals surface area contributed by atoms with Crippen LogP contribution >= 0.6 is 15.9 Å². The lowest BCUT2D eigenvalue weighted by molar-refractivity contribution is 0.459. The maximum Gasteiger partial charge on any atom is 0.569 e. The van der Waals surface area contributed by atoms with Crippen molar-refractivity contribution in [2.75, 3.05) is 0 Å². The zero-order chi connectivity index (χ0) is 76.9. The number of furan rings is 4. The Morgan fingerprint density at radius 2 is 0.474 bits per heavy atom. The molecule has 8 heteroatoms. The lowest BCUT2D eigenvalue weighted by Gasteiger charge is -2.18. The minimum Gasteiger partial charge on any atom is -0.537 e. The number of halogens is 1. The first-order valence-electron chi connectivity index (χ1n) is 38.9. The number of benzene rings is 20. The minimum absolute atomic E-state index is 0.665. The summed E-state index contributed by atoms with van der Waals surface area (Å²) in [7, 11) is 0.758. The van der Waals surface area contributed by atoms with Gasteiger partial charge in [-0.3, -0.25) is 0 Å². The second kappa shape index (κ2) is 28.3. The summed E-state index contributed by atoms with van der Waals surface area (Å²) < 4.78 is 31.8. The average Bonchev–Trinajstić information content (AvgIpc) is 1.46. The zero-order valence-corrected chi connectivity index (χ0v) is 64.0. The SMILES string of the molecule is Brc1cccc(-c2ccc3oc4c(ccc5c6ccccc6oc54)c3c2)c1.O[B]Oc1c2ccccc2c(-c2cccc(-c3ccc4ccccc4c3)c2)c2ccccc12.c1cc(-c2ccc3ccccc3c2)cc(-c2c3ccccc3c(-c3cccc(-c4ccc5oc6c(ccc7c8ccccc8oc76)c5c4)c3)c3ccccc23)c1. The Morgan fingerprint density at radius 3 is 0.853 bits per heavy atom. The molecule has 0 atom stereocenters. The van der Waals surface area contributed by atoms with Gasteiger partial charge in [-0.1, -0.05) is 301 Å². The Bertz CT molecular complexity index is 7990. The van der Waals surface area contributed by atoms with E-state index >= 15 is 0 Å². The Morgan fingerprint density at radius 1 is 0.198 bits per heavy atom. The molecule has 0 saturated heterocycles. The van der Waals surface area contributed by atoms with E-state index in [0.717, 1.165) is 149 Å². The molecule has 0 bridgehead atoms. The van der Waals surface area contributed by atoms with Gasteiger partial charge in [0, 0.05) is 58.3 Å². The zero-order valence-electron chi connectivity index (χ0n) is 62.4. The standard InChI is InChI=1S/C54H32O2.C30H20BO2.C24H13BrO2/c1-2-12-34-29-37(24-23-33(34)11-1)35-13-9-15-39(30-35)51-42-18-3-5-20-44(42)52(45-21-6-4-19-43(45)51)40-16-10-14-36(31-40)38-25-28-50-48(32-38)47-27-26-46-41-17-7-8-22-49(41)55-53(46)54(47)56-50;32-31-33-30-27-14-5-3-12-25(27)29(26-13-4-6-15-28(26)30)24-11-7-10-22(19-24)23-17-16-20-8-1-2-9-21(20)18-23;25-16-5-3-4-14(12-16)15-8-11-22-20(13-15)19-10-9-18-17-6-1-2-7-21(17)26-23(18)24(19)27-22/h1-32H;1-19,32H;1-13H. The van der Waals surface area contributed by atoms with Crippen LogP contribution < -0.4 is 4.65 Å². The van der Waals surface area contributed by atoms with E-state index in [1.807, 2.05) is 84.9 Å². The van der Waals surface area contributed by atoms with Crippen LogP contribution in [0.5, 0.6) is 5.75 Å². The van der Waals surface area contributed by atoms with Crippen LogP contribution in [0.1, 0.15) is 0 Å². The summed E-state index contributed by atoms with van der Waals surface area (Å²) >= 11 is 3.55. The van der Waals surface area contributed by atoms with Gasteiger partial charge in [0.15, 0.2) is 22.3 Å². The average molecular weight is 1550 g/mol. The summed E-state index contributed by atoms with van der Waals surface area (Å²) in [5.41, 5.74) is 23.3. The highest BCUT2D eigenvalue weighted by Crippen LogP contribution is 2.49. The van der Waals surface area contributed by atoms with E-state index in [2.05, 4.69) is 319 Å². The van der Waals surface area contributed by atoms with Crippen molar-refractivity contribution in [1.29, 1.82) is 0 Å². The summed E-state index contributed by atoms with van der Waals surface area (Å²) in [6, 6.07) is 137. The van der Waals surface area contributed by atoms with Gasteiger partial charge < -0.3 is 27.3 Å². The maximum atomic E-state index is 9.42. The van der Waals surface area contributed by atoms with Gasteiger partial charge in [-0.25, -0.2) is 0 Å². The fourth-order valence-corrected chi connectivity index (χ4v) is 18.1. The Balaban J connectivity index is 0.000000115. The predicted molar refractivity (Wildman–Crippen MR) is 488 cm³/mol. The molecular weight excluding hydrogens is 1480 g/mol. The Hall–Kier alpha value is -14.5. The van der Waals surface area contributed by atoms with Crippen LogP contribution in [0, 0.1) is 0 Å². The highest BCUT2D eigenvalue weighted by molar-refractivity contribution is 9.10. The molecule has 0 aliphatic rings. The fraction of sp³-hybridized carbons (Fsp3) is 0. The van der Waals surface area contributed by atoms with Crippen molar-refractivity contribution < 1.29 is 27.3 Å². The van der Waals surface area contributed by atoms with Gasteiger partial charge in [0.1, 0.15) is 28.1 Å². The monoisotopic (exact) mass is 1550 g/mol. The Kier molecular flexibility index (Phi) is 16.6. The number of hydrogen-bond acceptors (Lipinski definition) is 6. The third-order valence-corrected chi connectivity index (χ3v) is 23.6. The van der Waals surface area contributed by atoms with Crippen LogP contribution in [-0.2, 0) is 0 Å². The summed E-state index contributed by atoms with van der Waals surface area (Å²) in [4.78, 5) is 0. The highest BCUT2D eigenvalue weighted by Gasteiger charge is 2.23. The quantitative estimate of drug-likeness (QED) is 0.115. The fourth-order valence-electron chi connectivity index (χ4n) is 17.7. The summed E-state index contributed by atoms with van der Waals surface area (Å²) in [5, 5.41) is 32.1. The van der Waals surface area contributed by atoms with Gasteiger partial charge in [0.25, 0.3) is 0 Å². The van der Waals surface area contributed by atoms with Crippen molar-refractivity contribution in [3.63, 3.8) is 0 Å². The van der Waals surface area contributed by atoms with E-state index in [-0.39, 0.29) is 0 Å². The predicted octanol–water partition coefficient (Wildman–Crippen LogP) is 30.9. The molecule has 1 radical (unpaired) electrons. The summed E-state index contributed by atoms with van der Waals surface area (Å²) in [5.74, 6) is 0.665. The van der Waals surface area contributed by atoms with E-state index < -0.39 is 0 Å². The number of hydrogen-bond donors (Lipinski definition) is 1. The first-order valence-corrected chi connectivity index (χ1v) is 39.7. The van der Waals surface area contributed by atoms with Crippen molar-refractivity contribution in [1.82, 2.24) is 0 Å². The van der Waals surface area contributed by atoms with Crippen molar-refractivity contribution in [2.45, 2.75) is 0 Å². The molecule has 4 aromatic heterocycles. The molecule has 0 saturated carbocycles. The molecule has 6 nitrogen and oxygen atoms in total. The molecule has 24 aromatic rings. The van der Waals surface area contributed by atoms with Gasteiger partial charge in [-0.2, -0.15) is 0 Å². The first-order chi connectivity index (χ1) is 57.4. The van der Waals surface area contributed by atoms with Crippen molar-refractivity contribution in [3.8, 4) is 83.6 Å². The van der Waals surface area contributed by atoms with Crippen LogP contribution in [0.3, 0.4) is 0 Å². The van der Waals surface area contributed by atoms with Gasteiger partial charge in [-0.15, -0.1) is 0 Å². The molecule has 0 aliphatic carbocycles. The molecule has 24 rings (SSSR count). The third-order valence-electron chi connectivity index (χ3n) is 23.1. The van der Waals surface area contributed by atoms with Crippen LogP contribution in [0.2, 0.25) is 0 Å². The molecule has 0 fully saturated rings. The van der Waals surface area contributed by atoms with E-state index in [4.69, 9.17) is 22.3 Å². The van der Waals surface area contributed by atoms with Crippen molar-refractivity contribution in [3.05, 3.63) is 393 Å². The highest BCUT2D eigenvalue weighted by atomic mass is 79.9. The molecule has 0 unspecified atom stereocenters. The third kappa shape index (κ3) is 11.8. The van der Waals surface area contributed by atoms with Crippen LogP contribution in [0.15, 0.2) is 410 Å². The lowest BCUT2D eigenvalue weighted by Crippen LogP contribution is -2.02. The number of fused-ring (bicyclic) bond motifs is 20. The molecule has 1 N–H and O–H groups in total. The first kappa shape index (κ1) is 68.3. The molecule has 0 aliphatic heterocycles. The molecule has 0 spiro atoms. The van der Waals surface area contributed by atoms with E-state index in [9.17, 15) is 5.02 Å². The molecule has 116 heavy (non-hydrogen) atoms. The topological polar surface area (TPSA) is 82.0 Å². The van der Waals surface area contributed by atoms with Crippen molar-refractivity contribution >= 4 is 176 Å². The summed E-state index contributed by atoms with van der Waals surface area (Å²) in [6.07, 6.45) is 0. The van der Waals surface area contributed by atoms with Gasteiger partial charge in [0.05, 0.1) is 0 Å².